The number of hydrogen-bond donors (Lipinski definition) is 2. The Kier molecular flexibility index (Phi) is 4.56. The predicted molar refractivity (Wildman–Crippen MR) is 84.5 cm³/mol. The summed E-state index contributed by atoms with van der Waals surface area (Å²) in [5, 5.41) is 9.57. The van der Waals surface area contributed by atoms with Crippen molar-refractivity contribution in [2.75, 3.05) is 18.0 Å². The van der Waals surface area contributed by atoms with E-state index < -0.39 is 17.3 Å². The van der Waals surface area contributed by atoms with Gasteiger partial charge in [-0.15, -0.1) is 0 Å². The van der Waals surface area contributed by atoms with E-state index in [1.54, 1.807) is 6.07 Å². The van der Waals surface area contributed by atoms with Crippen LogP contribution in [0.4, 0.5) is 5.69 Å². The van der Waals surface area contributed by atoms with Gasteiger partial charge < -0.3 is 15.7 Å². The lowest BCUT2D eigenvalue weighted by Gasteiger charge is -2.26. The van der Waals surface area contributed by atoms with Gasteiger partial charge in [-0.2, -0.15) is 0 Å². The number of benzene rings is 1. The summed E-state index contributed by atoms with van der Waals surface area (Å²) in [6.45, 7) is 3.01. The smallest absolute Gasteiger partial charge is 0.311 e. The molecule has 6 heteroatoms. The van der Waals surface area contributed by atoms with Crippen LogP contribution in [0.3, 0.4) is 0 Å². The van der Waals surface area contributed by atoms with Gasteiger partial charge in [0.1, 0.15) is 0 Å². The number of rotatable bonds is 5. The summed E-state index contributed by atoms with van der Waals surface area (Å²) in [4.78, 5) is 25.3. The molecule has 1 aromatic rings. The fourth-order valence-corrected chi connectivity index (χ4v) is 3.61. The maximum atomic E-state index is 11.7. The standard InChI is InChI=1S/C15H19BrN2O3/c1-2-6-15(14(20)21)7-8-18(9-15)11-5-3-4-10(16)12(11)13(17)19/h3-5H,2,6-9H2,1H3,(H2,17,19)(H,20,21). The highest BCUT2D eigenvalue weighted by atomic mass is 79.9. The molecule has 0 spiro atoms. The number of aliphatic carboxylic acids is 1. The van der Waals surface area contributed by atoms with Gasteiger partial charge in [0.15, 0.2) is 0 Å². The van der Waals surface area contributed by atoms with E-state index in [1.807, 2.05) is 24.0 Å². The van der Waals surface area contributed by atoms with Gasteiger partial charge in [-0.05, 0) is 40.9 Å². The van der Waals surface area contributed by atoms with E-state index in [4.69, 9.17) is 5.73 Å². The third kappa shape index (κ3) is 2.90. The van der Waals surface area contributed by atoms with Crippen LogP contribution in [0, 0.1) is 5.41 Å². The van der Waals surface area contributed by atoms with Crippen molar-refractivity contribution in [3.8, 4) is 0 Å². The minimum atomic E-state index is -0.762. The van der Waals surface area contributed by atoms with E-state index in [2.05, 4.69) is 15.9 Å². The lowest BCUT2D eigenvalue weighted by atomic mass is 9.83. The molecule has 3 N–H and O–H groups in total. The molecule has 114 valence electrons. The minimum Gasteiger partial charge on any atom is -0.481 e. The second-order valence-corrected chi connectivity index (χ2v) is 6.36. The number of primary amides is 1. The first kappa shape index (κ1) is 15.8. The van der Waals surface area contributed by atoms with Crippen molar-refractivity contribution in [3.63, 3.8) is 0 Å². The maximum Gasteiger partial charge on any atom is 0.311 e. The number of nitrogens with two attached hydrogens (primary N) is 1. The summed E-state index contributed by atoms with van der Waals surface area (Å²) in [7, 11) is 0. The molecule has 1 unspecified atom stereocenters. The molecule has 1 atom stereocenters. The number of carboxylic acid groups (broad SMARTS) is 1. The Hall–Kier alpha value is -1.56. The van der Waals surface area contributed by atoms with Gasteiger partial charge >= 0.3 is 5.97 Å². The van der Waals surface area contributed by atoms with Crippen molar-refractivity contribution in [2.45, 2.75) is 26.2 Å². The first-order valence-corrected chi connectivity index (χ1v) is 7.77. The van der Waals surface area contributed by atoms with Gasteiger partial charge in [0.2, 0.25) is 0 Å². The zero-order chi connectivity index (χ0) is 15.6. The average molecular weight is 355 g/mol. The number of amides is 1. The van der Waals surface area contributed by atoms with E-state index in [1.165, 1.54) is 0 Å². The number of hydrogen-bond acceptors (Lipinski definition) is 3. The number of carbonyl (C=O) groups excluding carboxylic acids is 1. The quantitative estimate of drug-likeness (QED) is 0.851. The average Bonchev–Trinajstić information content (AvgIpc) is 2.84. The molecule has 0 saturated carbocycles. The highest BCUT2D eigenvalue weighted by Crippen LogP contribution is 2.39. The number of halogens is 1. The fourth-order valence-electron chi connectivity index (χ4n) is 3.06. The Labute approximate surface area is 132 Å². The molecule has 0 bridgehead atoms. The highest BCUT2D eigenvalue weighted by molar-refractivity contribution is 9.10. The van der Waals surface area contributed by atoms with Gasteiger partial charge in [-0.1, -0.05) is 19.4 Å². The number of carbonyl (C=O) groups is 2. The zero-order valence-electron chi connectivity index (χ0n) is 11.9. The van der Waals surface area contributed by atoms with Crippen LogP contribution in [0.5, 0.6) is 0 Å². The molecule has 0 radical (unpaired) electrons. The third-order valence-electron chi connectivity index (χ3n) is 4.11. The summed E-state index contributed by atoms with van der Waals surface area (Å²) >= 11 is 3.34. The van der Waals surface area contributed by atoms with Crippen molar-refractivity contribution in [2.24, 2.45) is 11.1 Å². The first-order chi connectivity index (χ1) is 9.91. The molecule has 1 saturated heterocycles. The Morgan fingerprint density at radius 3 is 2.76 bits per heavy atom. The van der Waals surface area contributed by atoms with Gasteiger partial charge in [0.05, 0.1) is 16.7 Å². The van der Waals surface area contributed by atoms with Crippen LogP contribution in [0.2, 0.25) is 0 Å². The Balaban J connectivity index is 2.36. The van der Waals surface area contributed by atoms with Crippen molar-refractivity contribution in [1.29, 1.82) is 0 Å². The lowest BCUT2D eigenvalue weighted by molar-refractivity contribution is -0.148. The van der Waals surface area contributed by atoms with Gasteiger partial charge in [0, 0.05) is 17.6 Å². The van der Waals surface area contributed by atoms with Gasteiger partial charge in [-0.3, -0.25) is 9.59 Å². The summed E-state index contributed by atoms with van der Waals surface area (Å²) in [6, 6.07) is 5.40. The normalized spacial score (nSPS) is 21.5. The molecule has 1 fully saturated rings. The topological polar surface area (TPSA) is 83.6 Å². The Morgan fingerprint density at radius 2 is 2.19 bits per heavy atom. The molecule has 1 aromatic carbocycles. The molecular weight excluding hydrogens is 336 g/mol. The van der Waals surface area contributed by atoms with E-state index >= 15 is 0 Å². The summed E-state index contributed by atoms with van der Waals surface area (Å²) in [5.74, 6) is -1.27. The molecule has 5 nitrogen and oxygen atoms in total. The van der Waals surface area contributed by atoms with Crippen LogP contribution >= 0.6 is 15.9 Å². The van der Waals surface area contributed by atoms with E-state index in [9.17, 15) is 14.7 Å². The third-order valence-corrected chi connectivity index (χ3v) is 4.78. The molecule has 1 aliphatic heterocycles. The summed E-state index contributed by atoms with van der Waals surface area (Å²) < 4.78 is 0.635. The SMILES string of the molecule is CCCC1(C(=O)O)CCN(c2cccc(Br)c2C(N)=O)C1. The maximum absolute atomic E-state index is 11.7. The monoisotopic (exact) mass is 354 g/mol. The van der Waals surface area contributed by atoms with Crippen molar-refractivity contribution in [1.82, 2.24) is 0 Å². The first-order valence-electron chi connectivity index (χ1n) is 6.98. The summed E-state index contributed by atoms with van der Waals surface area (Å²) in [6.07, 6.45) is 2.04. The fraction of sp³-hybridized carbons (Fsp3) is 0.467. The summed E-state index contributed by atoms with van der Waals surface area (Å²) in [5.41, 5.74) is 5.84. The molecule has 1 amide bonds. The largest absolute Gasteiger partial charge is 0.481 e. The second kappa shape index (κ2) is 6.05. The van der Waals surface area contributed by atoms with E-state index in [0.717, 1.165) is 6.42 Å². The number of nitrogens with zero attached hydrogens (tertiary/aromatic N) is 1. The van der Waals surface area contributed by atoms with Crippen LogP contribution in [-0.4, -0.2) is 30.1 Å². The molecule has 2 rings (SSSR count). The molecule has 0 aliphatic carbocycles. The van der Waals surface area contributed by atoms with Crippen LogP contribution in [0.1, 0.15) is 36.5 Å². The molecule has 1 heterocycles. The van der Waals surface area contributed by atoms with Crippen molar-refractivity contribution < 1.29 is 14.7 Å². The molecule has 0 aromatic heterocycles. The van der Waals surface area contributed by atoms with Gasteiger partial charge in [0.25, 0.3) is 5.91 Å². The van der Waals surface area contributed by atoms with Crippen LogP contribution in [0.15, 0.2) is 22.7 Å². The number of anilines is 1. The van der Waals surface area contributed by atoms with Crippen molar-refractivity contribution >= 4 is 33.5 Å². The minimum absolute atomic E-state index is 0.410. The van der Waals surface area contributed by atoms with Crippen molar-refractivity contribution in [3.05, 3.63) is 28.2 Å². The molecule has 1 aliphatic rings. The van der Waals surface area contributed by atoms with E-state index in [-0.39, 0.29) is 0 Å². The van der Waals surface area contributed by atoms with Crippen LogP contribution in [0.25, 0.3) is 0 Å². The van der Waals surface area contributed by atoms with E-state index in [0.29, 0.717) is 41.7 Å². The van der Waals surface area contributed by atoms with Crippen LogP contribution < -0.4 is 10.6 Å². The number of carboxylic acids is 1. The second-order valence-electron chi connectivity index (χ2n) is 5.51. The molecular formula is C15H19BrN2O3. The Bertz CT molecular complexity index is 576. The van der Waals surface area contributed by atoms with Crippen LogP contribution in [-0.2, 0) is 4.79 Å². The Morgan fingerprint density at radius 1 is 1.48 bits per heavy atom. The highest BCUT2D eigenvalue weighted by Gasteiger charge is 2.44. The van der Waals surface area contributed by atoms with Gasteiger partial charge in [-0.25, -0.2) is 0 Å². The predicted octanol–water partition coefficient (Wildman–Crippen LogP) is 2.63. The molecule has 21 heavy (non-hydrogen) atoms. The lowest BCUT2D eigenvalue weighted by Crippen LogP contribution is -2.35. The zero-order valence-corrected chi connectivity index (χ0v) is 13.5.